The molecule has 172 valence electrons. The van der Waals surface area contributed by atoms with Crippen molar-refractivity contribution in [1.29, 1.82) is 0 Å². The molecule has 4 aromatic rings. The summed E-state index contributed by atoms with van der Waals surface area (Å²) in [5, 5.41) is 3.22. The number of rotatable bonds is 7. The molecule has 0 aromatic heterocycles. The Morgan fingerprint density at radius 3 is 2.32 bits per heavy atom. The summed E-state index contributed by atoms with van der Waals surface area (Å²) in [6, 6.07) is 26.8. The first kappa shape index (κ1) is 23.4. The smallest absolute Gasteiger partial charge is 0.261 e. The van der Waals surface area contributed by atoms with Crippen LogP contribution in [0.1, 0.15) is 15.9 Å². The van der Waals surface area contributed by atoms with Gasteiger partial charge in [0.1, 0.15) is 5.75 Å². The van der Waals surface area contributed by atoms with Gasteiger partial charge in [-0.1, -0.05) is 53.6 Å². The van der Waals surface area contributed by atoms with Crippen molar-refractivity contribution in [3.63, 3.8) is 0 Å². The van der Waals surface area contributed by atoms with E-state index in [2.05, 4.69) is 10.0 Å². The Balaban J connectivity index is 1.54. The number of hydrogen-bond acceptors (Lipinski definition) is 4. The summed E-state index contributed by atoms with van der Waals surface area (Å²) in [6.07, 6.45) is 0. The van der Waals surface area contributed by atoms with Crippen LogP contribution in [0.4, 0.5) is 11.4 Å². The number of carbonyl (C=O) groups excluding carboxylic acids is 1. The second kappa shape index (κ2) is 9.99. The highest BCUT2D eigenvalue weighted by Crippen LogP contribution is 2.32. The van der Waals surface area contributed by atoms with E-state index in [0.717, 1.165) is 5.56 Å². The van der Waals surface area contributed by atoms with E-state index in [1.807, 2.05) is 25.1 Å². The fourth-order valence-corrected chi connectivity index (χ4v) is 4.38. The molecule has 1 amide bonds. The first-order valence-corrected chi connectivity index (χ1v) is 12.2. The summed E-state index contributed by atoms with van der Waals surface area (Å²) in [6.45, 7) is 1.88. The molecule has 0 unspecified atom stereocenters. The lowest BCUT2D eigenvalue weighted by atomic mass is 10.2. The van der Waals surface area contributed by atoms with Gasteiger partial charge in [-0.05, 0) is 67.6 Å². The first-order valence-electron chi connectivity index (χ1n) is 10.3. The van der Waals surface area contributed by atoms with E-state index in [-0.39, 0.29) is 16.1 Å². The van der Waals surface area contributed by atoms with E-state index in [1.54, 1.807) is 60.7 Å². The molecule has 0 aliphatic rings. The molecule has 34 heavy (non-hydrogen) atoms. The quantitative estimate of drug-likeness (QED) is 0.308. The van der Waals surface area contributed by atoms with Crippen LogP contribution in [0.5, 0.6) is 11.5 Å². The molecule has 2 N–H and O–H groups in total. The van der Waals surface area contributed by atoms with Crippen LogP contribution in [0, 0.1) is 6.92 Å². The maximum Gasteiger partial charge on any atom is 0.261 e. The van der Waals surface area contributed by atoms with E-state index in [4.69, 9.17) is 16.3 Å². The second-order valence-electron chi connectivity index (χ2n) is 7.51. The standard InChI is InChI=1S/C26H21ClN2O4S/c1-18-10-13-23(14-11-18)34(31,32)29-21-7-5-6-19(16-21)26(30)28-24-17-20(27)12-15-25(24)33-22-8-3-2-4-9-22/h2-17,29H,1H3,(H,28,30). The Bertz CT molecular complexity index is 1420. The van der Waals surface area contributed by atoms with Crippen molar-refractivity contribution in [3.8, 4) is 11.5 Å². The van der Waals surface area contributed by atoms with E-state index in [0.29, 0.717) is 22.2 Å². The van der Waals surface area contributed by atoms with Gasteiger partial charge in [-0.25, -0.2) is 8.42 Å². The third-order valence-electron chi connectivity index (χ3n) is 4.87. The molecule has 0 radical (unpaired) electrons. The van der Waals surface area contributed by atoms with Crippen molar-refractivity contribution in [2.75, 3.05) is 10.0 Å². The van der Waals surface area contributed by atoms with Crippen molar-refractivity contribution in [1.82, 2.24) is 0 Å². The molecule has 4 rings (SSSR count). The van der Waals surface area contributed by atoms with Crippen LogP contribution in [-0.4, -0.2) is 14.3 Å². The van der Waals surface area contributed by atoms with Crippen LogP contribution in [-0.2, 0) is 10.0 Å². The molecule has 6 nitrogen and oxygen atoms in total. The zero-order valence-corrected chi connectivity index (χ0v) is 19.7. The minimum atomic E-state index is -3.80. The topological polar surface area (TPSA) is 84.5 Å². The lowest BCUT2D eigenvalue weighted by Crippen LogP contribution is -2.15. The third-order valence-corrected chi connectivity index (χ3v) is 6.50. The Kier molecular flexibility index (Phi) is 6.86. The molecule has 0 heterocycles. The number of sulfonamides is 1. The molecule has 0 spiro atoms. The number of hydrogen-bond donors (Lipinski definition) is 2. The Morgan fingerprint density at radius 2 is 1.59 bits per heavy atom. The molecule has 0 saturated carbocycles. The number of ether oxygens (including phenoxy) is 1. The van der Waals surface area contributed by atoms with Crippen LogP contribution >= 0.6 is 11.6 Å². The van der Waals surface area contributed by atoms with E-state index < -0.39 is 15.9 Å². The summed E-state index contributed by atoms with van der Waals surface area (Å²) in [7, 11) is -3.80. The van der Waals surface area contributed by atoms with Gasteiger partial charge in [0.25, 0.3) is 15.9 Å². The van der Waals surface area contributed by atoms with Gasteiger partial charge in [0.2, 0.25) is 0 Å². The number of para-hydroxylation sites is 1. The Morgan fingerprint density at radius 1 is 0.853 bits per heavy atom. The van der Waals surface area contributed by atoms with Crippen molar-refractivity contribution >= 4 is 38.9 Å². The first-order chi connectivity index (χ1) is 16.3. The van der Waals surface area contributed by atoms with Crippen molar-refractivity contribution in [2.24, 2.45) is 0 Å². The highest BCUT2D eigenvalue weighted by Gasteiger charge is 2.16. The minimum absolute atomic E-state index is 0.134. The Labute approximate surface area is 203 Å². The highest BCUT2D eigenvalue weighted by atomic mass is 35.5. The number of benzene rings is 4. The average Bonchev–Trinajstić information content (AvgIpc) is 2.82. The lowest BCUT2D eigenvalue weighted by Gasteiger charge is -2.14. The third kappa shape index (κ3) is 5.75. The van der Waals surface area contributed by atoms with Gasteiger partial charge in [-0.2, -0.15) is 0 Å². The molecule has 0 fully saturated rings. The highest BCUT2D eigenvalue weighted by molar-refractivity contribution is 7.92. The fraction of sp³-hybridized carbons (Fsp3) is 0.0385. The van der Waals surface area contributed by atoms with E-state index in [9.17, 15) is 13.2 Å². The second-order valence-corrected chi connectivity index (χ2v) is 9.63. The fourth-order valence-electron chi connectivity index (χ4n) is 3.15. The van der Waals surface area contributed by atoms with E-state index >= 15 is 0 Å². The summed E-state index contributed by atoms with van der Waals surface area (Å²) >= 11 is 6.13. The van der Waals surface area contributed by atoms with Crippen molar-refractivity contribution < 1.29 is 17.9 Å². The molecule has 0 bridgehead atoms. The maximum atomic E-state index is 13.0. The average molecular weight is 493 g/mol. The monoisotopic (exact) mass is 492 g/mol. The molecule has 8 heteroatoms. The number of halogens is 1. The van der Waals surface area contributed by atoms with Crippen LogP contribution < -0.4 is 14.8 Å². The van der Waals surface area contributed by atoms with Gasteiger partial charge in [0.05, 0.1) is 10.6 Å². The van der Waals surface area contributed by atoms with Gasteiger partial charge in [0.15, 0.2) is 5.75 Å². The lowest BCUT2D eigenvalue weighted by molar-refractivity contribution is 0.102. The molecule has 0 aliphatic carbocycles. The van der Waals surface area contributed by atoms with Crippen molar-refractivity contribution in [3.05, 3.63) is 113 Å². The van der Waals surface area contributed by atoms with Crippen LogP contribution in [0.3, 0.4) is 0 Å². The van der Waals surface area contributed by atoms with Gasteiger partial charge >= 0.3 is 0 Å². The number of carbonyl (C=O) groups is 1. The summed E-state index contributed by atoms with van der Waals surface area (Å²) in [5.74, 6) is 0.574. The molecule has 0 atom stereocenters. The SMILES string of the molecule is Cc1ccc(S(=O)(=O)Nc2cccc(C(=O)Nc3cc(Cl)ccc3Oc3ccccc3)c2)cc1. The van der Waals surface area contributed by atoms with Crippen molar-refractivity contribution in [2.45, 2.75) is 11.8 Å². The summed E-state index contributed by atoms with van der Waals surface area (Å²) < 4.78 is 33.8. The number of anilines is 2. The number of amides is 1. The van der Waals surface area contributed by atoms with Gasteiger partial charge in [-0.3, -0.25) is 9.52 Å². The molecule has 0 aliphatic heterocycles. The molecule has 0 saturated heterocycles. The Hall–Kier alpha value is -3.81. The largest absolute Gasteiger partial charge is 0.455 e. The van der Waals surface area contributed by atoms with E-state index in [1.165, 1.54) is 18.2 Å². The predicted molar refractivity (Wildman–Crippen MR) is 134 cm³/mol. The summed E-state index contributed by atoms with van der Waals surface area (Å²) in [5.41, 5.74) is 1.86. The van der Waals surface area contributed by atoms with Crippen LogP contribution in [0.2, 0.25) is 5.02 Å². The molecular formula is C26H21ClN2O4S. The zero-order valence-electron chi connectivity index (χ0n) is 18.2. The molecular weight excluding hydrogens is 472 g/mol. The number of nitrogens with one attached hydrogen (secondary N) is 2. The zero-order chi connectivity index (χ0) is 24.1. The number of aryl methyl sites for hydroxylation is 1. The molecule has 4 aromatic carbocycles. The summed E-state index contributed by atoms with van der Waals surface area (Å²) in [4.78, 5) is 13.1. The maximum absolute atomic E-state index is 13.0. The van der Waals surface area contributed by atoms with Gasteiger partial charge in [0, 0.05) is 16.3 Å². The van der Waals surface area contributed by atoms with Crippen LogP contribution in [0.25, 0.3) is 0 Å². The van der Waals surface area contributed by atoms with Gasteiger partial charge in [-0.15, -0.1) is 0 Å². The van der Waals surface area contributed by atoms with Gasteiger partial charge < -0.3 is 10.1 Å². The predicted octanol–water partition coefficient (Wildman–Crippen LogP) is 6.49. The normalized spacial score (nSPS) is 11.0. The van der Waals surface area contributed by atoms with Crippen LogP contribution in [0.15, 0.2) is 102 Å². The minimum Gasteiger partial charge on any atom is -0.455 e.